The number of ether oxygens (including phenoxy) is 1. The molecular weight excluding hydrogens is 425 g/mol. The van der Waals surface area contributed by atoms with Crippen molar-refractivity contribution in [3.63, 3.8) is 0 Å². The fourth-order valence-corrected chi connectivity index (χ4v) is 4.52. The highest BCUT2D eigenvalue weighted by Gasteiger charge is 2.78. The predicted octanol–water partition coefficient (Wildman–Crippen LogP) is 5.86. The molecule has 0 aliphatic heterocycles. The molecule has 1 aliphatic carbocycles. The van der Waals surface area contributed by atoms with Crippen LogP contribution in [-0.4, -0.2) is 11.1 Å². The summed E-state index contributed by atoms with van der Waals surface area (Å²) in [6.45, 7) is 3.65. The van der Waals surface area contributed by atoms with Crippen molar-refractivity contribution in [3.05, 3.63) is 71.0 Å². The number of nitrogens with zero attached hydrogens (tertiary/aromatic N) is 1. The van der Waals surface area contributed by atoms with E-state index in [1.54, 1.807) is 35.3 Å². The Hall–Kier alpha value is -2.65. The Kier molecular flexibility index (Phi) is 5.31. The summed E-state index contributed by atoms with van der Waals surface area (Å²) in [5.41, 5.74) is -1.54. The minimum absolute atomic E-state index is 0.0458. The van der Waals surface area contributed by atoms with Crippen LogP contribution in [0.3, 0.4) is 0 Å². The Morgan fingerprint density at radius 3 is 2.57 bits per heavy atom. The van der Waals surface area contributed by atoms with Crippen molar-refractivity contribution in [1.82, 2.24) is 0 Å². The Morgan fingerprint density at radius 2 is 2.00 bits per heavy atom. The molecule has 0 heterocycles. The predicted molar refractivity (Wildman–Crippen MR) is 107 cm³/mol. The van der Waals surface area contributed by atoms with Gasteiger partial charge in [-0.1, -0.05) is 60.1 Å². The molecule has 3 rings (SSSR count). The SMILES string of the molecule is CC1(C)C(/C=C/Br)[C@@]1(C(=O)O)C(C#N)c1ccc(F)c(Oc2ccccc2)c1. The van der Waals surface area contributed by atoms with Crippen molar-refractivity contribution in [2.24, 2.45) is 16.7 Å². The molecule has 1 N–H and O–H groups in total. The maximum absolute atomic E-state index is 14.3. The molecule has 0 radical (unpaired) electrons. The number of hydrogen-bond acceptors (Lipinski definition) is 3. The van der Waals surface area contributed by atoms with Crippen LogP contribution in [0.15, 0.2) is 59.6 Å². The Bertz CT molecular complexity index is 967. The van der Waals surface area contributed by atoms with Crippen LogP contribution in [-0.2, 0) is 4.79 Å². The van der Waals surface area contributed by atoms with Crippen LogP contribution in [0.25, 0.3) is 0 Å². The second-order valence-electron chi connectivity index (χ2n) is 7.36. The monoisotopic (exact) mass is 443 g/mol. The molecule has 1 saturated carbocycles. The second-order valence-corrected chi connectivity index (χ2v) is 7.89. The lowest BCUT2D eigenvalue weighted by atomic mass is 9.78. The summed E-state index contributed by atoms with van der Waals surface area (Å²) in [5, 5.41) is 19.9. The van der Waals surface area contributed by atoms with E-state index in [0.29, 0.717) is 11.3 Å². The van der Waals surface area contributed by atoms with E-state index < -0.39 is 28.5 Å². The minimum Gasteiger partial charge on any atom is -0.481 e. The quantitative estimate of drug-likeness (QED) is 0.606. The lowest BCUT2D eigenvalue weighted by Gasteiger charge is -2.22. The number of nitriles is 1. The van der Waals surface area contributed by atoms with Crippen molar-refractivity contribution in [1.29, 1.82) is 5.26 Å². The summed E-state index contributed by atoms with van der Waals surface area (Å²) in [5.74, 6) is -2.53. The topological polar surface area (TPSA) is 70.3 Å². The molecular formula is C22H19BrFNO3. The fraction of sp³-hybridized carbons (Fsp3) is 0.273. The van der Waals surface area contributed by atoms with Gasteiger partial charge in [-0.05, 0) is 40.2 Å². The van der Waals surface area contributed by atoms with Crippen LogP contribution >= 0.6 is 15.9 Å². The molecule has 1 fully saturated rings. The van der Waals surface area contributed by atoms with Gasteiger partial charge in [0.05, 0.1) is 12.0 Å². The molecule has 2 aromatic carbocycles. The van der Waals surface area contributed by atoms with E-state index >= 15 is 0 Å². The van der Waals surface area contributed by atoms with Gasteiger partial charge in [-0.25, -0.2) is 4.39 Å². The van der Waals surface area contributed by atoms with Gasteiger partial charge in [0.1, 0.15) is 11.2 Å². The van der Waals surface area contributed by atoms with Crippen LogP contribution in [0.4, 0.5) is 4.39 Å². The molecule has 0 spiro atoms. The van der Waals surface area contributed by atoms with Gasteiger partial charge >= 0.3 is 5.97 Å². The summed E-state index contributed by atoms with van der Waals surface area (Å²) in [6.07, 6.45) is 1.75. The number of hydrogen-bond donors (Lipinski definition) is 1. The first kappa shape index (κ1) is 20.1. The van der Waals surface area contributed by atoms with Crippen LogP contribution < -0.4 is 4.74 Å². The van der Waals surface area contributed by atoms with Gasteiger partial charge in [0.2, 0.25) is 0 Å². The molecule has 2 unspecified atom stereocenters. The number of carboxylic acid groups (broad SMARTS) is 1. The molecule has 6 heteroatoms. The standard InChI is InChI=1S/C22H19BrFNO3/c1-21(2)19(10-11-23)22(21,20(26)27)16(13-25)14-8-9-17(24)18(12-14)28-15-6-4-3-5-7-15/h3-12,16,19H,1-2H3,(H,26,27)/b11-10+/t16?,19?,22-/m1/s1. The van der Waals surface area contributed by atoms with Gasteiger partial charge in [0, 0.05) is 5.92 Å². The van der Waals surface area contributed by atoms with Gasteiger partial charge in [0.15, 0.2) is 11.6 Å². The van der Waals surface area contributed by atoms with Gasteiger partial charge in [0.25, 0.3) is 0 Å². The van der Waals surface area contributed by atoms with E-state index in [0.717, 1.165) is 0 Å². The number of benzene rings is 2. The maximum Gasteiger partial charge on any atom is 0.312 e. The first-order valence-electron chi connectivity index (χ1n) is 8.73. The average molecular weight is 444 g/mol. The molecule has 1 aliphatic rings. The average Bonchev–Trinajstić information content (AvgIpc) is 3.15. The van der Waals surface area contributed by atoms with Gasteiger partial charge in [-0.15, -0.1) is 0 Å². The zero-order valence-corrected chi connectivity index (χ0v) is 17.0. The second kappa shape index (κ2) is 7.40. The Morgan fingerprint density at radius 1 is 1.32 bits per heavy atom. The number of aliphatic carboxylic acids is 1. The highest BCUT2D eigenvalue weighted by Crippen LogP contribution is 2.75. The lowest BCUT2D eigenvalue weighted by molar-refractivity contribution is -0.145. The molecule has 4 nitrogen and oxygen atoms in total. The number of allylic oxidation sites excluding steroid dienone is 1. The zero-order valence-electron chi connectivity index (χ0n) is 15.4. The minimum atomic E-state index is -1.31. The van der Waals surface area contributed by atoms with E-state index in [9.17, 15) is 19.6 Å². The number of para-hydroxylation sites is 1. The smallest absolute Gasteiger partial charge is 0.312 e. The van der Waals surface area contributed by atoms with Gasteiger partial charge in [-0.3, -0.25) is 4.79 Å². The highest BCUT2D eigenvalue weighted by molar-refractivity contribution is 9.11. The lowest BCUT2D eigenvalue weighted by Crippen LogP contribution is -2.28. The number of rotatable bonds is 6. The van der Waals surface area contributed by atoms with E-state index in [1.807, 2.05) is 19.9 Å². The molecule has 144 valence electrons. The molecule has 28 heavy (non-hydrogen) atoms. The maximum atomic E-state index is 14.3. The van der Waals surface area contributed by atoms with Crippen molar-refractivity contribution >= 4 is 21.9 Å². The fourth-order valence-electron chi connectivity index (χ4n) is 4.22. The van der Waals surface area contributed by atoms with Crippen LogP contribution in [0.5, 0.6) is 11.5 Å². The van der Waals surface area contributed by atoms with Crippen molar-refractivity contribution in [3.8, 4) is 17.6 Å². The summed E-state index contributed by atoms with van der Waals surface area (Å²) in [4.78, 5) is 13.9. The third kappa shape index (κ3) is 3.00. The Labute approximate surface area is 171 Å². The zero-order chi connectivity index (χ0) is 20.5. The molecule has 0 bridgehead atoms. The van der Waals surface area contributed by atoms with E-state index in [2.05, 4.69) is 22.0 Å². The first-order valence-corrected chi connectivity index (χ1v) is 9.64. The third-order valence-corrected chi connectivity index (χ3v) is 6.02. The number of carbonyl (C=O) groups is 1. The van der Waals surface area contributed by atoms with Crippen LogP contribution in [0.2, 0.25) is 0 Å². The van der Waals surface area contributed by atoms with Crippen LogP contribution in [0.1, 0.15) is 25.3 Å². The Balaban J connectivity index is 2.05. The molecule has 2 aromatic rings. The summed E-state index contributed by atoms with van der Waals surface area (Å²) in [6, 6.07) is 14.9. The molecule has 3 atom stereocenters. The summed E-state index contributed by atoms with van der Waals surface area (Å²) in [7, 11) is 0. The van der Waals surface area contributed by atoms with Crippen molar-refractivity contribution in [2.45, 2.75) is 19.8 Å². The van der Waals surface area contributed by atoms with Crippen molar-refractivity contribution < 1.29 is 19.0 Å². The molecule has 0 amide bonds. The van der Waals surface area contributed by atoms with Crippen molar-refractivity contribution in [2.75, 3.05) is 0 Å². The molecule has 0 aromatic heterocycles. The normalized spacial score (nSPS) is 23.8. The molecule has 0 saturated heterocycles. The van der Waals surface area contributed by atoms with Crippen LogP contribution in [0, 0.1) is 33.9 Å². The van der Waals surface area contributed by atoms with E-state index in [-0.39, 0.29) is 11.7 Å². The summed E-state index contributed by atoms with van der Waals surface area (Å²) < 4.78 is 19.9. The van der Waals surface area contributed by atoms with E-state index in [4.69, 9.17) is 4.74 Å². The number of halogens is 2. The first-order chi connectivity index (χ1) is 13.3. The largest absolute Gasteiger partial charge is 0.481 e. The highest BCUT2D eigenvalue weighted by atomic mass is 79.9. The van der Waals surface area contributed by atoms with Gasteiger partial charge < -0.3 is 9.84 Å². The van der Waals surface area contributed by atoms with Gasteiger partial charge in [-0.2, -0.15) is 5.26 Å². The number of carboxylic acids is 1. The van der Waals surface area contributed by atoms with E-state index in [1.165, 1.54) is 18.2 Å². The summed E-state index contributed by atoms with van der Waals surface area (Å²) >= 11 is 3.20. The third-order valence-electron chi connectivity index (χ3n) is 5.71.